The summed E-state index contributed by atoms with van der Waals surface area (Å²) >= 11 is 0. The van der Waals surface area contributed by atoms with Gasteiger partial charge in [-0.3, -0.25) is 40.5 Å². The van der Waals surface area contributed by atoms with Crippen LogP contribution < -0.4 is 0 Å². The van der Waals surface area contributed by atoms with Crippen molar-refractivity contribution in [1.82, 2.24) is 5.01 Å². The molecule has 0 aromatic carbocycles. The fourth-order valence-corrected chi connectivity index (χ4v) is 0.999. The minimum atomic E-state index is -3.67. The molecule has 0 aliphatic carbocycles. The van der Waals surface area contributed by atoms with Crippen LogP contribution in [0.5, 0.6) is 0 Å². The summed E-state index contributed by atoms with van der Waals surface area (Å²) in [5.41, 5.74) is 0. The molecule has 0 saturated heterocycles. The zero-order valence-electron chi connectivity index (χ0n) is 9.36. The molecular formula is C4H6N6O9. The van der Waals surface area contributed by atoms with E-state index in [1.165, 1.54) is 0 Å². The highest BCUT2D eigenvalue weighted by Crippen LogP contribution is 2.28. The number of nitrogens with zero attached hydrogens (tertiary/aromatic N) is 6. The van der Waals surface area contributed by atoms with Crippen LogP contribution in [0.1, 0.15) is 13.8 Å². The van der Waals surface area contributed by atoms with Gasteiger partial charge in [0, 0.05) is 5.01 Å². The van der Waals surface area contributed by atoms with Gasteiger partial charge in [0.2, 0.25) is 0 Å². The van der Waals surface area contributed by atoms with E-state index in [1.54, 1.807) is 5.29 Å². The lowest BCUT2D eigenvalue weighted by Crippen LogP contribution is -2.68. The third kappa shape index (κ3) is 2.07. The molecule has 15 nitrogen and oxygen atoms in total. The smallest absolute Gasteiger partial charge is 0.257 e. The minimum Gasteiger partial charge on any atom is -0.257 e. The predicted molar refractivity (Wildman–Crippen MR) is 52.4 cm³/mol. The molecule has 0 heterocycles. The second-order valence-electron chi connectivity index (χ2n) is 3.36. The Balaban J connectivity index is 6.24. The van der Waals surface area contributed by atoms with Gasteiger partial charge in [0.25, 0.3) is 0 Å². The molecule has 0 saturated carbocycles. The Kier molecular flexibility index (Phi) is 3.96. The molecule has 15 heteroatoms. The highest BCUT2D eigenvalue weighted by Gasteiger charge is 2.75. The Hall–Kier alpha value is -3.00. The van der Waals surface area contributed by atoms with Gasteiger partial charge in [-0.25, -0.2) is 0 Å². The van der Waals surface area contributed by atoms with E-state index >= 15 is 0 Å². The first-order chi connectivity index (χ1) is 8.47. The predicted octanol–water partition coefficient (Wildman–Crippen LogP) is -0.576. The molecule has 0 aromatic heterocycles. The van der Waals surface area contributed by atoms with Crippen LogP contribution >= 0.6 is 0 Å². The van der Waals surface area contributed by atoms with Crippen molar-refractivity contribution >= 4 is 0 Å². The second-order valence-corrected chi connectivity index (χ2v) is 3.36. The summed E-state index contributed by atoms with van der Waals surface area (Å²) in [7, 11) is 0. The summed E-state index contributed by atoms with van der Waals surface area (Å²) in [5, 5.41) is 43.3. The maximum atomic E-state index is 10.6. The van der Waals surface area contributed by atoms with Crippen molar-refractivity contribution in [2.75, 3.05) is 0 Å². The number of rotatable bonds is 7. The lowest BCUT2D eigenvalue weighted by molar-refractivity contribution is -0.890. The summed E-state index contributed by atoms with van der Waals surface area (Å²) in [4.78, 5) is 46.2. The van der Waals surface area contributed by atoms with Crippen LogP contribution in [0.15, 0.2) is 5.29 Å². The lowest BCUT2D eigenvalue weighted by Gasteiger charge is -2.24. The maximum Gasteiger partial charge on any atom is 0.568 e. The highest BCUT2D eigenvalue weighted by molar-refractivity contribution is 4.68. The molecule has 106 valence electrons. The quantitative estimate of drug-likeness (QED) is 0.251. The molecule has 0 radical (unpaired) electrons. The van der Waals surface area contributed by atoms with Crippen LogP contribution in [0.3, 0.4) is 0 Å². The highest BCUT2D eigenvalue weighted by atomic mass is 16.7. The van der Waals surface area contributed by atoms with E-state index in [2.05, 4.69) is 0 Å². The van der Waals surface area contributed by atoms with Crippen molar-refractivity contribution < 1.29 is 19.7 Å². The fraction of sp³-hybridized carbons (Fsp3) is 1.00. The average Bonchev–Trinajstić information content (AvgIpc) is 2.27. The Morgan fingerprint density at radius 1 is 0.789 bits per heavy atom. The van der Waals surface area contributed by atoms with Crippen molar-refractivity contribution in [3.05, 3.63) is 45.4 Å². The molecule has 0 spiro atoms. The second kappa shape index (κ2) is 4.70. The largest absolute Gasteiger partial charge is 0.568 e. The van der Waals surface area contributed by atoms with Crippen molar-refractivity contribution in [3.63, 3.8) is 0 Å². The molecule has 19 heavy (non-hydrogen) atoms. The van der Waals surface area contributed by atoms with Gasteiger partial charge >= 0.3 is 11.6 Å². The van der Waals surface area contributed by atoms with Crippen LogP contribution in [0.2, 0.25) is 0 Å². The third-order valence-electron chi connectivity index (χ3n) is 2.27. The van der Waals surface area contributed by atoms with Gasteiger partial charge in [0.1, 0.15) is 33.5 Å². The van der Waals surface area contributed by atoms with E-state index in [0.29, 0.717) is 0 Å². The van der Waals surface area contributed by atoms with Crippen LogP contribution in [0.25, 0.3) is 0 Å². The zero-order valence-corrected chi connectivity index (χ0v) is 9.36. The van der Waals surface area contributed by atoms with Gasteiger partial charge in [-0.2, -0.15) is 0 Å². The summed E-state index contributed by atoms with van der Waals surface area (Å²) in [6.07, 6.45) is 0. The molecule has 0 rings (SSSR count). The van der Waals surface area contributed by atoms with E-state index in [0.717, 1.165) is 0 Å². The summed E-state index contributed by atoms with van der Waals surface area (Å²) < 4.78 is 0. The number of nitro groups is 4. The topological polar surface area (TPSA) is 205 Å². The van der Waals surface area contributed by atoms with Gasteiger partial charge in [0.05, 0.1) is 5.29 Å². The van der Waals surface area contributed by atoms with Gasteiger partial charge < -0.3 is 0 Å². The number of nitroso groups, excluding NO2 is 1. The summed E-state index contributed by atoms with van der Waals surface area (Å²) in [5.74, 6) is -7.34. The molecule has 0 bridgehead atoms. The SMILES string of the molecule is CC(N(N=O)C(C)([N+](=O)[O-])[N+](=O)[O-])([N+](=O)[O-])[N+](=O)[O-]. The zero-order chi connectivity index (χ0) is 15.6. The molecule has 0 aliphatic rings. The Morgan fingerprint density at radius 2 is 1.00 bits per heavy atom. The summed E-state index contributed by atoms with van der Waals surface area (Å²) in [6.45, 7) is 0.333. The molecule has 0 amide bonds. The molecule has 0 aromatic rings. The summed E-state index contributed by atoms with van der Waals surface area (Å²) in [6, 6.07) is 0. The molecule has 0 N–H and O–H groups in total. The Labute approximate surface area is 102 Å². The van der Waals surface area contributed by atoms with Crippen molar-refractivity contribution in [1.29, 1.82) is 0 Å². The van der Waals surface area contributed by atoms with Crippen LogP contribution in [-0.2, 0) is 0 Å². The van der Waals surface area contributed by atoms with Gasteiger partial charge in [-0.1, -0.05) is 0 Å². The van der Waals surface area contributed by atoms with Crippen LogP contribution in [0, 0.1) is 45.4 Å². The van der Waals surface area contributed by atoms with Crippen molar-refractivity contribution in [3.8, 4) is 0 Å². The van der Waals surface area contributed by atoms with Gasteiger partial charge in [-0.05, 0) is 0 Å². The third-order valence-corrected chi connectivity index (χ3v) is 2.27. The van der Waals surface area contributed by atoms with Crippen LogP contribution in [-0.4, -0.2) is 36.3 Å². The van der Waals surface area contributed by atoms with Gasteiger partial charge in [0.15, 0.2) is 0 Å². The first kappa shape index (κ1) is 16.0. The monoisotopic (exact) mass is 282 g/mol. The van der Waals surface area contributed by atoms with Crippen molar-refractivity contribution in [2.45, 2.75) is 25.4 Å². The van der Waals surface area contributed by atoms with E-state index in [9.17, 15) is 45.4 Å². The standard InChI is InChI=1S/C4H6N6O9/c1-3(7(12)13,8(14)15)6(5-11)4(2,9(16)17)10(18)19/h1-2H3. The van der Waals surface area contributed by atoms with E-state index in [4.69, 9.17) is 0 Å². The molecule has 0 aliphatic heterocycles. The molecular weight excluding hydrogens is 276 g/mol. The molecule has 0 atom stereocenters. The Morgan fingerprint density at radius 3 is 1.11 bits per heavy atom. The van der Waals surface area contributed by atoms with E-state index < -0.39 is 36.3 Å². The maximum absolute atomic E-state index is 10.6. The minimum absolute atomic E-state index is 0.166. The van der Waals surface area contributed by atoms with E-state index in [1.807, 2.05) is 0 Å². The number of hydrogen-bond acceptors (Lipinski definition) is 10. The normalized spacial score (nSPS) is 11.5. The lowest BCUT2D eigenvalue weighted by atomic mass is 10.3. The number of hydrogen-bond donors (Lipinski definition) is 0. The van der Waals surface area contributed by atoms with Gasteiger partial charge in [-0.15, -0.1) is 4.91 Å². The Bertz CT molecular complexity index is 394. The molecule has 0 fully saturated rings. The molecule has 0 unspecified atom stereocenters. The van der Waals surface area contributed by atoms with E-state index in [-0.39, 0.29) is 13.8 Å². The van der Waals surface area contributed by atoms with Crippen molar-refractivity contribution in [2.24, 2.45) is 5.29 Å². The first-order valence-electron chi connectivity index (χ1n) is 4.18. The first-order valence-corrected chi connectivity index (χ1v) is 4.18. The fourth-order valence-electron chi connectivity index (χ4n) is 0.999. The van der Waals surface area contributed by atoms with Crippen LogP contribution in [0.4, 0.5) is 0 Å². The average molecular weight is 282 g/mol.